The summed E-state index contributed by atoms with van der Waals surface area (Å²) >= 11 is 0. The minimum absolute atomic E-state index is 0.0413. The number of rotatable bonds is 8. The van der Waals surface area contributed by atoms with Crippen LogP contribution in [0.3, 0.4) is 0 Å². The number of carbonyl (C=O) groups excluding carboxylic acids is 1. The summed E-state index contributed by atoms with van der Waals surface area (Å²) in [5.74, 6) is 2.37. The summed E-state index contributed by atoms with van der Waals surface area (Å²) < 4.78 is 5.49. The molecule has 0 atom stereocenters. The number of nitrogens with one attached hydrogen (secondary N) is 1. The van der Waals surface area contributed by atoms with Crippen molar-refractivity contribution in [3.63, 3.8) is 0 Å². The predicted molar refractivity (Wildman–Crippen MR) is 128 cm³/mol. The Kier molecular flexibility index (Phi) is 8.30. The van der Waals surface area contributed by atoms with Crippen LogP contribution in [0, 0.1) is 5.92 Å². The van der Waals surface area contributed by atoms with Crippen LogP contribution in [0.15, 0.2) is 47.6 Å². The van der Waals surface area contributed by atoms with Gasteiger partial charge in [0.2, 0.25) is 5.91 Å². The molecule has 32 heavy (non-hydrogen) atoms. The third-order valence-electron chi connectivity index (χ3n) is 5.76. The molecule has 0 bridgehead atoms. The second kappa shape index (κ2) is 11.4. The number of aromatic nitrogens is 1. The number of carbonyl (C=O) groups is 1. The van der Waals surface area contributed by atoms with Crippen LogP contribution >= 0.6 is 0 Å². The van der Waals surface area contributed by atoms with Crippen LogP contribution in [0.25, 0.3) is 0 Å². The SMILES string of the molecule is CCNC(=NCc1cccnc1N1CCC(C(N)=O)CC1)N(C)Cc1ccccc1OC. The molecule has 8 heteroatoms. The standard InChI is InChI=1S/C24H34N6O2/c1-4-26-24(29(2)17-20-8-5-6-10-21(20)32-3)28-16-19-9-7-13-27-23(19)30-14-11-18(12-15-30)22(25)31/h5-10,13,18H,4,11-12,14-17H2,1-3H3,(H2,25,31)(H,26,28). The maximum Gasteiger partial charge on any atom is 0.220 e. The zero-order chi connectivity index (χ0) is 22.9. The quantitative estimate of drug-likeness (QED) is 0.485. The smallest absolute Gasteiger partial charge is 0.220 e. The average molecular weight is 439 g/mol. The number of piperidine rings is 1. The van der Waals surface area contributed by atoms with E-state index in [2.05, 4.69) is 39.2 Å². The van der Waals surface area contributed by atoms with E-state index in [4.69, 9.17) is 15.5 Å². The molecule has 1 saturated heterocycles. The lowest BCUT2D eigenvalue weighted by Crippen LogP contribution is -2.39. The van der Waals surface area contributed by atoms with Gasteiger partial charge < -0.3 is 25.6 Å². The number of hydrogen-bond donors (Lipinski definition) is 2. The molecule has 0 unspecified atom stereocenters. The number of pyridine rings is 1. The first-order valence-corrected chi connectivity index (χ1v) is 11.1. The Morgan fingerprint density at radius 2 is 1.97 bits per heavy atom. The van der Waals surface area contributed by atoms with Crippen molar-refractivity contribution in [3.05, 3.63) is 53.7 Å². The van der Waals surface area contributed by atoms with Gasteiger partial charge in [0.05, 0.1) is 13.7 Å². The highest BCUT2D eigenvalue weighted by molar-refractivity contribution is 5.80. The topological polar surface area (TPSA) is 96.1 Å². The number of ether oxygens (including phenoxy) is 1. The van der Waals surface area contributed by atoms with E-state index in [0.717, 1.165) is 61.1 Å². The molecule has 1 amide bonds. The molecule has 1 aliphatic heterocycles. The Labute approximate surface area is 190 Å². The van der Waals surface area contributed by atoms with E-state index in [1.807, 2.05) is 37.5 Å². The maximum absolute atomic E-state index is 11.5. The highest BCUT2D eigenvalue weighted by atomic mass is 16.5. The van der Waals surface area contributed by atoms with Gasteiger partial charge >= 0.3 is 0 Å². The van der Waals surface area contributed by atoms with Gasteiger partial charge in [0.25, 0.3) is 0 Å². The number of primary amides is 1. The van der Waals surface area contributed by atoms with Gasteiger partial charge in [-0.3, -0.25) is 4.79 Å². The summed E-state index contributed by atoms with van der Waals surface area (Å²) in [4.78, 5) is 25.3. The molecule has 1 aliphatic rings. The lowest BCUT2D eigenvalue weighted by molar-refractivity contribution is -0.122. The fourth-order valence-corrected chi connectivity index (χ4v) is 4.01. The number of nitrogens with zero attached hydrogens (tertiary/aromatic N) is 4. The van der Waals surface area contributed by atoms with E-state index in [1.54, 1.807) is 7.11 Å². The Hall–Kier alpha value is -3.29. The molecular formula is C24H34N6O2. The van der Waals surface area contributed by atoms with E-state index in [9.17, 15) is 4.79 Å². The summed E-state index contributed by atoms with van der Waals surface area (Å²) in [5, 5.41) is 3.38. The summed E-state index contributed by atoms with van der Waals surface area (Å²) in [6.45, 7) is 5.57. The minimum atomic E-state index is -0.205. The van der Waals surface area contributed by atoms with Crippen LogP contribution in [0.5, 0.6) is 5.75 Å². The Balaban J connectivity index is 1.73. The van der Waals surface area contributed by atoms with Crippen molar-refractivity contribution in [2.75, 3.05) is 38.7 Å². The largest absolute Gasteiger partial charge is 0.496 e. The number of para-hydroxylation sites is 1. The molecule has 3 rings (SSSR count). The molecular weight excluding hydrogens is 404 g/mol. The molecule has 2 heterocycles. The van der Waals surface area contributed by atoms with E-state index in [-0.39, 0.29) is 11.8 Å². The molecule has 1 aromatic heterocycles. The van der Waals surface area contributed by atoms with Gasteiger partial charge in [0.1, 0.15) is 11.6 Å². The molecule has 1 fully saturated rings. The van der Waals surface area contributed by atoms with Crippen LogP contribution < -0.4 is 20.7 Å². The van der Waals surface area contributed by atoms with Gasteiger partial charge in [-0.1, -0.05) is 24.3 Å². The molecule has 1 aromatic carbocycles. The van der Waals surface area contributed by atoms with Crippen LogP contribution in [0.2, 0.25) is 0 Å². The third kappa shape index (κ3) is 5.90. The van der Waals surface area contributed by atoms with Crippen molar-refractivity contribution >= 4 is 17.7 Å². The first kappa shape index (κ1) is 23.4. The fourth-order valence-electron chi connectivity index (χ4n) is 4.01. The second-order valence-corrected chi connectivity index (χ2v) is 7.99. The number of benzene rings is 1. The lowest BCUT2D eigenvalue weighted by Gasteiger charge is -2.32. The van der Waals surface area contributed by atoms with E-state index in [1.165, 1.54) is 0 Å². The molecule has 3 N–H and O–H groups in total. The predicted octanol–water partition coefficient (Wildman–Crippen LogP) is 2.39. The van der Waals surface area contributed by atoms with Gasteiger partial charge in [0, 0.05) is 56.5 Å². The summed E-state index contributed by atoms with van der Waals surface area (Å²) in [6, 6.07) is 12.0. The highest BCUT2D eigenvalue weighted by Gasteiger charge is 2.25. The number of methoxy groups -OCH3 is 1. The molecule has 8 nitrogen and oxygen atoms in total. The van der Waals surface area contributed by atoms with Crippen molar-refractivity contribution in [2.45, 2.75) is 32.9 Å². The minimum Gasteiger partial charge on any atom is -0.496 e. The summed E-state index contributed by atoms with van der Waals surface area (Å²) in [7, 11) is 3.71. The fraction of sp³-hybridized carbons (Fsp3) is 0.458. The van der Waals surface area contributed by atoms with Crippen molar-refractivity contribution in [1.29, 1.82) is 0 Å². The number of anilines is 1. The normalized spacial score (nSPS) is 14.8. The van der Waals surface area contributed by atoms with Gasteiger partial charge in [-0.15, -0.1) is 0 Å². The Bertz CT molecular complexity index is 924. The van der Waals surface area contributed by atoms with Crippen molar-refractivity contribution in [2.24, 2.45) is 16.6 Å². The van der Waals surface area contributed by atoms with Crippen LogP contribution in [-0.2, 0) is 17.9 Å². The number of amides is 1. The van der Waals surface area contributed by atoms with Gasteiger partial charge in [-0.05, 0) is 31.9 Å². The van der Waals surface area contributed by atoms with Crippen LogP contribution in [0.4, 0.5) is 5.82 Å². The van der Waals surface area contributed by atoms with E-state index in [0.29, 0.717) is 13.1 Å². The zero-order valence-corrected chi connectivity index (χ0v) is 19.3. The molecule has 0 radical (unpaired) electrons. The monoisotopic (exact) mass is 438 g/mol. The molecule has 0 spiro atoms. The zero-order valence-electron chi connectivity index (χ0n) is 19.3. The highest BCUT2D eigenvalue weighted by Crippen LogP contribution is 2.25. The van der Waals surface area contributed by atoms with Crippen molar-refractivity contribution in [3.8, 4) is 5.75 Å². The number of guanidine groups is 1. The number of nitrogens with two attached hydrogens (primary N) is 1. The summed E-state index contributed by atoms with van der Waals surface area (Å²) in [5.41, 5.74) is 7.64. The number of hydrogen-bond acceptors (Lipinski definition) is 5. The third-order valence-corrected chi connectivity index (χ3v) is 5.76. The first-order chi connectivity index (χ1) is 15.5. The first-order valence-electron chi connectivity index (χ1n) is 11.1. The van der Waals surface area contributed by atoms with Crippen LogP contribution in [0.1, 0.15) is 30.9 Å². The second-order valence-electron chi connectivity index (χ2n) is 7.99. The van der Waals surface area contributed by atoms with E-state index >= 15 is 0 Å². The summed E-state index contributed by atoms with van der Waals surface area (Å²) in [6.07, 6.45) is 3.33. The van der Waals surface area contributed by atoms with Crippen LogP contribution in [-0.4, -0.2) is 55.5 Å². The maximum atomic E-state index is 11.5. The molecule has 172 valence electrons. The van der Waals surface area contributed by atoms with Crippen molar-refractivity contribution < 1.29 is 9.53 Å². The lowest BCUT2D eigenvalue weighted by atomic mass is 9.96. The van der Waals surface area contributed by atoms with Crippen molar-refractivity contribution in [1.82, 2.24) is 15.2 Å². The number of aliphatic imine (C=N–C) groups is 1. The average Bonchev–Trinajstić information content (AvgIpc) is 2.82. The molecule has 0 aliphatic carbocycles. The Morgan fingerprint density at radius 1 is 1.25 bits per heavy atom. The van der Waals surface area contributed by atoms with Gasteiger partial charge in [0.15, 0.2) is 5.96 Å². The van der Waals surface area contributed by atoms with Gasteiger partial charge in [-0.25, -0.2) is 9.98 Å². The van der Waals surface area contributed by atoms with E-state index < -0.39 is 0 Å². The Morgan fingerprint density at radius 3 is 2.66 bits per heavy atom. The van der Waals surface area contributed by atoms with Gasteiger partial charge in [-0.2, -0.15) is 0 Å². The molecule has 0 saturated carbocycles. The molecule has 2 aromatic rings.